The maximum atomic E-state index is 12.7. The molecule has 0 radical (unpaired) electrons. The maximum absolute atomic E-state index is 12.7. The molecule has 0 aliphatic rings. The van der Waals surface area contributed by atoms with Crippen LogP contribution in [-0.4, -0.2) is 15.8 Å². The van der Waals surface area contributed by atoms with Crippen LogP contribution in [0.2, 0.25) is 10.0 Å². The number of oxazole rings is 1. The number of nitrogens with one attached hydrogen (secondary N) is 1. The van der Waals surface area contributed by atoms with Gasteiger partial charge in [0.05, 0.1) is 26.2 Å². The zero-order valence-corrected chi connectivity index (χ0v) is 19.3. The minimum atomic E-state index is -0.583. The van der Waals surface area contributed by atoms with Gasteiger partial charge in [-0.1, -0.05) is 43.1 Å². The van der Waals surface area contributed by atoms with Crippen LogP contribution in [0.4, 0.5) is 11.4 Å². The van der Waals surface area contributed by atoms with Gasteiger partial charge >= 0.3 is 0 Å². The van der Waals surface area contributed by atoms with Crippen LogP contribution < -0.4 is 5.32 Å². The number of anilines is 1. The Morgan fingerprint density at radius 1 is 1.12 bits per heavy atom. The van der Waals surface area contributed by atoms with Crippen LogP contribution in [0.5, 0.6) is 0 Å². The van der Waals surface area contributed by atoms with E-state index in [1.165, 1.54) is 17.7 Å². The van der Waals surface area contributed by atoms with Gasteiger partial charge in [-0.2, -0.15) is 0 Å². The Labute approximate surface area is 199 Å². The molecule has 1 atom stereocenters. The number of benzene rings is 3. The molecule has 0 spiro atoms. The van der Waals surface area contributed by atoms with Crippen LogP contribution in [0.25, 0.3) is 22.6 Å². The third-order valence-corrected chi connectivity index (χ3v) is 6.10. The number of amides is 1. The fraction of sp³-hybridized carbons (Fsp3) is 0.167. The Kier molecular flexibility index (Phi) is 6.35. The van der Waals surface area contributed by atoms with Crippen molar-refractivity contribution in [2.75, 3.05) is 5.32 Å². The summed E-state index contributed by atoms with van der Waals surface area (Å²) >= 11 is 12.4. The molecule has 168 valence electrons. The Morgan fingerprint density at radius 2 is 1.91 bits per heavy atom. The van der Waals surface area contributed by atoms with E-state index < -0.39 is 10.8 Å². The lowest BCUT2D eigenvalue weighted by molar-refractivity contribution is -0.384. The summed E-state index contributed by atoms with van der Waals surface area (Å²) in [6.07, 6.45) is 1.02. The minimum absolute atomic E-state index is 0.0370. The van der Waals surface area contributed by atoms with Gasteiger partial charge < -0.3 is 9.73 Å². The first-order valence-electron chi connectivity index (χ1n) is 10.2. The molecule has 4 aromatic rings. The first-order chi connectivity index (χ1) is 15.8. The lowest BCUT2D eigenvalue weighted by Crippen LogP contribution is -2.13. The highest BCUT2D eigenvalue weighted by Crippen LogP contribution is 2.32. The molecule has 0 saturated heterocycles. The lowest BCUT2D eigenvalue weighted by Gasteiger charge is -2.09. The van der Waals surface area contributed by atoms with Crippen molar-refractivity contribution in [3.05, 3.63) is 85.9 Å². The summed E-state index contributed by atoms with van der Waals surface area (Å²) in [5.41, 5.74) is 3.44. The maximum Gasteiger partial charge on any atom is 0.270 e. The largest absolute Gasteiger partial charge is 0.436 e. The Morgan fingerprint density at radius 3 is 2.61 bits per heavy atom. The fourth-order valence-corrected chi connectivity index (χ4v) is 3.78. The number of nitrogens with zero attached hydrogens (tertiary/aromatic N) is 2. The highest BCUT2D eigenvalue weighted by atomic mass is 35.5. The van der Waals surface area contributed by atoms with Crippen molar-refractivity contribution < 1.29 is 14.1 Å². The van der Waals surface area contributed by atoms with E-state index in [9.17, 15) is 14.9 Å². The standard InChI is InChI=1S/C24H19Cl2N3O4/c1-3-13(2)14-5-9-22-21(10-14)28-24(33-22)15-4-8-18(25)20(11-15)27-23(30)17-7-6-16(29(31)32)12-19(17)26/h4-13H,3H2,1-2H3,(H,27,30)/t13-/m0/s1. The van der Waals surface area contributed by atoms with Crippen LogP contribution >= 0.6 is 23.2 Å². The average molecular weight is 484 g/mol. The SMILES string of the molecule is CC[C@H](C)c1ccc2oc(-c3ccc(Cl)c(NC(=O)c4ccc([N+](=O)[O-])cc4Cl)c3)nc2c1. The second kappa shape index (κ2) is 9.21. The summed E-state index contributed by atoms with van der Waals surface area (Å²) in [5.74, 6) is 0.259. The van der Waals surface area contributed by atoms with Gasteiger partial charge in [0.25, 0.3) is 11.6 Å². The van der Waals surface area contributed by atoms with Crippen molar-refractivity contribution in [2.45, 2.75) is 26.2 Å². The number of halogens is 2. The molecule has 7 nitrogen and oxygen atoms in total. The summed E-state index contributed by atoms with van der Waals surface area (Å²) in [6.45, 7) is 4.30. The lowest BCUT2D eigenvalue weighted by atomic mass is 9.98. The third-order valence-electron chi connectivity index (χ3n) is 5.46. The Bertz CT molecular complexity index is 1380. The van der Waals surface area contributed by atoms with Crippen molar-refractivity contribution in [1.29, 1.82) is 0 Å². The van der Waals surface area contributed by atoms with Gasteiger partial charge in [0, 0.05) is 17.7 Å². The van der Waals surface area contributed by atoms with Gasteiger partial charge in [0.2, 0.25) is 5.89 Å². The quantitative estimate of drug-likeness (QED) is 0.226. The van der Waals surface area contributed by atoms with Crippen LogP contribution in [0.3, 0.4) is 0 Å². The number of hydrogen-bond donors (Lipinski definition) is 1. The van der Waals surface area contributed by atoms with Gasteiger partial charge in [-0.25, -0.2) is 4.98 Å². The highest BCUT2D eigenvalue weighted by Gasteiger charge is 2.18. The smallest absolute Gasteiger partial charge is 0.270 e. The highest BCUT2D eigenvalue weighted by molar-refractivity contribution is 6.36. The van der Waals surface area contributed by atoms with E-state index in [2.05, 4.69) is 24.1 Å². The molecule has 4 rings (SSSR count). The van der Waals surface area contributed by atoms with Gasteiger partial charge in [0.1, 0.15) is 5.52 Å². The van der Waals surface area contributed by atoms with Crippen molar-refractivity contribution in [3.8, 4) is 11.5 Å². The van der Waals surface area contributed by atoms with Crippen molar-refractivity contribution in [2.24, 2.45) is 0 Å². The van der Waals surface area contributed by atoms with E-state index in [0.717, 1.165) is 18.0 Å². The second-order valence-electron chi connectivity index (χ2n) is 7.63. The first kappa shape index (κ1) is 22.8. The molecule has 1 N–H and O–H groups in total. The zero-order valence-electron chi connectivity index (χ0n) is 17.8. The number of rotatable bonds is 6. The monoisotopic (exact) mass is 483 g/mol. The Hall–Kier alpha value is -3.42. The van der Waals surface area contributed by atoms with Crippen LogP contribution in [0.1, 0.15) is 42.1 Å². The van der Waals surface area contributed by atoms with E-state index in [4.69, 9.17) is 27.6 Å². The molecule has 3 aromatic carbocycles. The van der Waals surface area contributed by atoms with Crippen molar-refractivity contribution in [3.63, 3.8) is 0 Å². The second-order valence-corrected chi connectivity index (χ2v) is 8.44. The molecule has 0 aliphatic carbocycles. The summed E-state index contributed by atoms with van der Waals surface area (Å²) in [6, 6.07) is 14.6. The molecule has 33 heavy (non-hydrogen) atoms. The Balaban J connectivity index is 1.63. The number of aromatic nitrogens is 1. The molecule has 0 unspecified atom stereocenters. The number of non-ortho nitro benzene ring substituents is 1. The normalized spacial score (nSPS) is 12.0. The van der Waals surface area contributed by atoms with Crippen molar-refractivity contribution in [1.82, 2.24) is 4.98 Å². The van der Waals surface area contributed by atoms with E-state index >= 15 is 0 Å². The number of nitro benzene ring substituents is 1. The average Bonchev–Trinajstić information content (AvgIpc) is 3.23. The summed E-state index contributed by atoms with van der Waals surface area (Å²) < 4.78 is 5.91. The molecular weight excluding hydrogens is 465 g/mol. The zero-order chi connectivity index (χ0) is 23.7. The van der Waals surface area contributed by atoms with Crippen LogP contribution in [-0.2, 0) is 0 Å². The van der Waals surface area contributed by atoms with Crippen LogP contribution in [0, 0.1) is 10.1 Å². The molecule has 1 heterocycles. The van der Waals surface area contributed by atoms with Gasteiger partial charge in [0.15, 0.2) is 5.58 Å². The fourth-order valence-electron chi connectivity index (χ4n) is 3.36. The number of nitro groups is 1. The van der Waals surface area contributed by atoms with E-state index in [1.54, 1.807) is 18.2 Å². The van der Waals surface area contributed by atoms with E-state index in [1.807, 2.05) is 18.2 Å². The van der Waals surface area contributed by atoms with Gasteiger partial charge in [-0.05, 0) is 54.3 Å². The van der Waals surface area contributed by atoms with Crippen molar-refractivity contribution >= 4 is 51.6 Å². The van der Waals surface area contributed by atoms with Gasteiger partial charge in [-0.15, -0.1) is 0 Å². The predicted molar refractivity (Wildman–Crippen MR) is 129 cm³/mol. The van der Waals surface area contributed by atoms with E-state index in [-0.39, 0.29) is 16.3 Å². The van der Waals surface area contributed by atoms with Gasteiger partial charge in [-0.3, -0.25) is 14.9 Å². The predicted octanol–water partition coefficient (Wildman–Crippen LogP) is 7.48. The molecule has 0 saturated carbocycles. The summed E-state index contributed by atoms with van der Waals surface area (Å²) in [4.78, 5) is 27.6. The summed E-state index contributed by atoms with van der Waals surface area (Å²) in [5, 5.41) is 13.9. The number of carbonyl (C=O) groups excluding carboxylic acids is 1. The summed E-state index contributed by atoms with van der Waals surface area (Å²) in [7, 11) is 0. The number of carbonyl (C=O) groups is 1. The molecule has 1 aromatic heterocycles. The first-order valence-corrected chi connectivity index (χ1v) is 11.0. The molecule has 9 heteroatoms. The third kappa shape index (κ3) is 4.69. The minimum Gasteiger partial charge on any atom is -0.436 e. The molecule has 1 amide bonds. The molecule has 0 bridgehead atoms. The van der Waals surface area contributed by atoms with E-state index in [0.29, 0.717) is 33.7 Å². The molecule has 0 fully saturated rings. The number of hydrogen-bond acceptors (Lipinski definition) is 5. The van der Waals surface area contributed by atoms with Crippen LogP contribution in [0.15, 0.2) is 59.0 Å². The number of fused-ring (bicyclic) bond motifs is 1. The molecule has 0 aliphatic heterocycles. The molecular formula is C24H19Cl2N3O4. The topological polar surface area (TPSA) is 98.3 Å².